The van der Waals surface area contributed by atoms with Crippen LogP contribution in [0.4, 0.5) is 0 Å². The van der Waals surface area contributed by atoms with Crippen LogP contribution in [0.2, 0.25) is 0 Å². The number of aryl methyl sites for hydroxylation is 3. The predicted octanol–water partition coefficient (Wildman–Crippen LogP) is 2.03. The van der Waals surface area contributed by atoms with E-state index in [4.69, 9.17) is 0 Å². The zero-order chi connectivity index (χ0) is 14.7. The average molecular weight is 276 g/mol. The van der Waals surface area contributed by atoms with Crippen LogP contribution in [0.5, 0.6) is 0 Å². The largest absolute Gasteiger partial charge is 0.480 e. The monoisotopic (exact) mass is 276 g/mol. The molecular formula is C16H24N2O2. The molecule has 0 aromatic heterocycles. The van der Waals surface area contributed by atoms with E-state index in [1.54, 1.807) is 0 Å². The van der Waals surface area contributed by atoms with E-state index in [1.807, 2.05) is 19.9 Å². The highest BCUT2D eigenvalue weighted by molar-refractivity contribution is 5.76. The Hall–Kier alpha value is -1.39. The molecule has 1 atom stereocenters. The van der Waals surface area contributed by atoms with Crippen molar-refractivity contribution in [3.63, 3.8) is 0 Å². The number of carboxylic acids is 1. The van der Waals surface area contributed by atoms with E-state index < -0.39 is 12.0 Å². The van der Waals surface area contributed by atoms with Crippen LogP contribution in [-0.4, -0.2) is 42.2 Å². The minimum atomic E-state index is -0.752. The van der Waals surface area contributed by atoms with Gasteiger partial charge in [0.15, 0.2) is 0 Å². The van der Waals surface area contributed by atoms with Gasteiger partial charge in [0.2, 0.25) is 0 Å². The van der Waals surface area contributed by atoms with E-state index in [2.05, 4.69) is 23.2 Å². The zero-order valence-electron chi connectivity index (χ0n) is 12.6. The summed E-state index contributed by atoms with van der Waals surface area (Å²) in [6.45, 7) is 9.55. The van der Waals surface area contributed by atoms with Crippen LogP contribution < -0.4 is 5.32 Å². The van der Waals surface area contributed by atoms with Crippen LogP contribution in [0.1, 0.15) is 34.7 Å². The summed E-state index contributed by atoms with van der Waals surface area (Å²) in [5.41, 5.74) is 4.37. The Morgan fingerprint density at radius 3 is 2.55 bits per heavy atom. The number of nitrogens with one attached hydrogen (secondary N) is 1. The lowest BCUT2D eigenvalue weighted by Crippen LogP contribution is -2.37. The van der Waals surface area contributed by atoms with Gasteiger partial charge in [0.25, 0.3) is 0 Å². The summed E-state index contributed by atoms with van der Waals surface area (Å²) < 4.78 is 0. The van der Waals surface area contributed by atoms with Gasteiger partial charge in [-0.1, -0.05) is 12.1 Å². The predicted molar refractivity (Wildman–Crippen MR) is 80.1 cm³/mol. The second kappa shape index (κ2) is 6.37. The summed E-state index contributed by atoms with van der Waals surface area (Å²) in [7, 11) is 0. The molecule has 1 unspecified atom stereocenters. The first-order chi connectivity index (χ1) is 9.50. The normalized spacial score (nSPS) is 18.6. The van der Waals surface area contributed by atoms with Gasteiger partial charge in [-0.3, -0.25) is 9.69 Å². The maximum absolute atomic E-state index is 11.8. The van der Waals surface area contributed by atoms with Crippen LogP contribution in [-0.2, 0) is 4.79 Å². The van der Waals surface area contributed by atoms with Gasteiger partial charge in [-0.25, -0.2) is 0 Å². The molecular weight excluding hydrogens is 252 g/mol. The molecule has 4 heteroatoms. The fourth-order valence-corrected chi connectivity index (χ4v) is 2.89. The van der Waals surface area contributed by atoms with Gasteiger partial charge in [-0.15, -0.1) is 0 Å². The fourth-order valence-electron chi connectivity index (χ4n) is 2.89. The molecule has 0 aliphatic carbocycles. The number of aliphatic carboxylic acids is 1. The minimum Gasteiger partial charge on any atom is -0.480 e. The highest BCUT2D eigenvalue weighted by atomic mass is 16.4. The number of hydrogen-bond donors (Lipinski definition) is 2. The molecule has 1 aliphatic rings. The second-order valence-electron chi connectivity index (χ2n) is 5.67. The first-order valence-electron chi connectivity index (χ1n) is 7.26. The van der Waals surface area contributed by atoms with Crippen molar-refractivity contribution in [3.8, 4) is 0 Å². The molecule has 1 heterocycles. The van der Waals surface area contributed by atoms with Gasteiger partial charge >= 0.3 is 5.97 Å². The van der Waals surface area contributed by atoms with Crippen molar-refractivity contribution in [2.75, 3.05) is 26.2 Å². The van der Waals surface area contributed by atoms with Crippen molar-refractivity contribution in [1.29, 1.82) is 0 Å². The number of carboxylic acid groups (broad SMARTS) is 1. The summed E-state index contributed by atoms with van der Waals surface area (Å²) in [5.74, 6) is -0.752. The number of hydrogen-bond acceptors (Lipinski definition) is 3. The molecule has 0 spiro atoms. The molecule has 0 amide bonds. The van der Waals surface area contributed by atoms with Gasteiger partial charge in [0.05, 0.1) is 0 Å². The van der Waals surface area contributed by atoms with E-state index in [0.29, 0.717) is 0 Å². The summed E-state index contributed by atoms with van der Waals surface area (Å²) in [6, 6.07) is 3.60. The van der Waals surface area contributed by atoms with Crippen molar-refractivity contribution >= 4 is 5.97 Å². The molecule has 1 aromatic rings. The standard InChI is InChI=1S/C16H24N2O2/c1-11-9-13(3)14(10-12(11)2)15(16(19)20)18-7-4-5-17-6-8-18/h9-10,15,17H,4-8H2,1-3H3,(H,19,20). The number of nitrogens with zero attached hydrogens (tertiary/aromatic N) is 1. The molecule has 1 aliphatic heterocycles. The molecule has 2 N–H and O–H groups in total. The lowest BCUT2D eigenvalue weighted by atomic mass is 9.94. The van der Waals surface area contributed by atoms with E-state index in [9.17, 15) is 9.90 Å². The molecule has 2 rings (SSSR count). The van der Waals surface area contributed by atoms with Crippen LogP contribution >= 0.6 is 0 Å². The maximum atomic E-state index is 11.8. The Morgan fingerprint density at radius 2 is 1.85 bits per heavy atom. The van der Waals surface area contributed by atoms with Crippen molar-refractivity contribution in [3.05, 3.63) is 34.4 Å². The smallest absolute Gasteiger partial charge is 0.325 e. The summed E-state index contributed by atoms with van der Waals surface area (Å²) in [5, 5.41) is 13.0. The van der Waals surface area contributed by atoms with E-state index in [-0.39, 0.29) is 0 Å². The number of benzene rings is 1. The lowest BCUT2D eigenvalue weighted by molar-refractivity contribution is -0.143. The third-order valence-electron chi connectivity index (χ3n) is 4.15. The first kappa shape index (κ1) is 15.0. The Balaban J connectivity index is 2.37. The van der Waals surface area contributed by atoms with Crippen LogP contribution in [0.25, 0.3) is 0 Å². The van der Waals surface area contributed by atoms with Crippen molar-refractivity contribution in [2.45, 2.75) is 33.2 Å². The summed E-state index contributed by atoms with van der Waals surface area (Å²) in [4.78, 5) is 13.9. The molecule has 110 valence electrons. The topological polar surface area (TPSA) is 52.6 Å². The maximum Gasteiger partial charge on any atom is 0.325 e. The second-order valence-corrected chi connectivity index (χ2v) is 5.67. The third-order valence-corrected chi connectivity index (χ3v) is 4.15. The minimum absolute atomic E-state index is 0.533. The van der Waals surface area contributed by atoms with E-state index in [0.717, 1.165) is 49.3 Å². The summed E-state index contributed by atoms with van der Waals surface area (Å²) in [6.07, 6.45) is 0.994. The molecule has 1 aromatic carbocycles. The molecule has 0 bridgehead atoms. The van der Waals surface area contributed by atoms with Gasteiger partial charge < -0.3 is 10.4 Å². The molecule has 1 fully saturated rings. The Labute approximate surface area is 120 Å². The SMILES string of the molecule is Cc1cc(C)c(C(C(=O)O)N2CCCNCC2)cc1C. The molecule has 20 heavy (non-hydrogen) atoms. The highest BCUT2D eigenvalue weighted by Gasteiger charge is 2.29. The first-order valence-corrected chi connectivity index (χ1v) is 7.26. The van der Waals surface area contributed by atoms with Gasteiger partial charge in [-0.2, -0.15) is 0 Å². The zero-order valence-corrected chi connectivity index (χ0v) is 12.6. The van der Waals surface area contributed by atoms with Crippen molar-refractivity contribution < 1.29 is 9.90 Å². The Morgan fingerprint density at radius 1 is 1.15 bits per heavy atom. The van der Waals surface area contributed by atoms with Crippen LogP contribution in [0, 0.1) is 20.8 Å². The van der Waals surface area contributed by atoms with Gasteiger partial charge in [-0.05, 0) is 56.0 Å². The highest BCUT2D eigenvalue weighted by Crippen LogP contribution is 2.27. The average Bonchev–Trinajstić information content (AvgIpc) is 2.64. The number of rotatable bonds is 3. The van der Waals surface area contributed by atoms with Crippen molar-refractivity contribution in [2.24, 2.45) is 0 Å². The Bertz CT molecular complexity index is 491. The van der Waals surface area contributed by atoms with E-state index >= 15 is 0 Å². The van der Waals surface area contributed by atoms with Crippen LogP contribution in [0.15, 0.2) is 12.1 Å². The number of carbonyl (C=O) groups is 1. The van der Waals surface area contributed by atoms with Gasteiger partial charge in [0.1, 0.15) is 6.04 Å². The van der Waals surface area contributed by atoms with Crippen molar-refractivity contribution in [1.82, 2.24) is 10.2 Å². The molecule has 0 saturated carbocycles. The summed E-state index contributed by atoms with van der Waals surface area (Å²) >= 11 is 0. The fraction of sp³-hybridized carbons (Fsp3) is 0.562. The molecule has 1 saturated heterocycles. The molecule has 0 radical (unpaired) electrons. The Kier molecular flexibility index (Phi) is 4.78. The third kappa shape index (κ3) is 3.19. The van der Waals surface area contributed by atoms with Gasteiger partial charge in [0, 0.05) is 19.6 Å². The van der Waals surface area contributed by atoms with Crippen LogP contribution in [0.3, 0.4) is 0 Å². The lowest BCUT2D eigenvalue weighted by Gasteiger charge is -2.29. The van der Waals surface area contributed by atoms with E-state index in [1.165, 1.54) is 5.56 Å². The molecule has 4 nitrogen and oxygen atoms in total. The quantitative estimate of drug-likeness (QED) is 0.887.